The summed E-state index contributed by atoms with van der Waals surface area (Å²) in [6.07, 6.45) is 5.51. The van der Waals surface area contributed by atoms with Crippen molar-refractivity contribution >= 4 is 80.6 Å². The number of cyclic esters (lactones) is 1. The van der Waals surface area contributed by atoms with E-state index in [1.165, 1.54) is 16.3 Å². The predicted octanol–water partition coefficient (Wildman–Crippen LogP) is 6.23. The molecular formula is C39H55N7O5S4. The summed E-state index contributed by atoms with van der Waals surface area (Å²) in [6.45, 7) is 11.1. The Kier molecular flexibility index (Phi) is 15.2. The van der Waals surface area contributed by atoms with Gasteiger partial charge >= 0.3 is 12.0 Å². The molecule has 0 saturated carbocycles. The fourth-order valence-corrected chi connectivity index (χ4v) is 8.57. The number of hydrazine groups is 1. The standard InChI is InChI=1S/C39H49N7O5S.3H2S/c1-6-45-32-14-13-25-19-27(32)28(35(45)26-11-9-15-40-34(26)24(2)50-5)21-39(3,4)23-51-37(48)29-12-10-18-46(43-29)36(47)30(20-33-41-31(25)22-52-33)42-38(49)44-16-7-8-17-44;;;/h9,11,13-15,19,22,24,29-30,43H,6-8,10,12,16-18,20-21,23H2,1-5H3,(H,42,49);3*1H2/t24-,29-,30-;;;/m0.../s1. The van der Waals surface area contributed by atoms with Crippen LogP contribution in [0.1, 0.15) is 75.7 Å². The highest BCUT2D eigenvalue weighted by Crippen LogP contribution is 2.42. The second-order valence-corrected chi connectivity index (χ2v) is 15.8. The number of urea groups is 1. The van der Waals surface area contributed by atoms with Crippen LogP contribution >= 0.6 is 51.8 Å². The highest BCUT2D eigenvalue weighted by atomic mass is 32.1. The molecule has 6 bridgehead atoms. The molecule has 3 atom stereocenters. The average Bonchev–Trinajstić information content (AvgIpc) is 3.93. The van der Waals surface area contributed by atoms with E-state index in [0.717, 1.165) is 69.1 Å². The van der Waals surface area contributed by atoms with E-state index in [4.69, 9.17) is 19.4 Å². The zero-order chi connectivity index (χ0) is 36.6. The normalized spacial score (nSPS) is 20.4. The van der Waals surface area contributed by atoms with Crippen LogP contribution in [0.4, 0.5) is 4.79 Å². The monoisotopic (exact) mass is 829 g/mol. The Morgan fingerprint density at radius 2 is 1.89 bits per heavy atom. The van der Waals surface area contributed by atoms with Crippen molar-refractivity contribution in [2.24, 2.45) is 5.41 Å². The number of nitrogens with zero attached hydrogens (tertiary/aromatic N) is 5. The Morgan fingerprint density at radius 1 is 1.13 bits per heavy atom. The van der Waals surface area contributed by atoms with Crippen LogP contribution in [0.5, 0.6) is 0 Å². The van der Waals surface area contributed by atoms with Crippen LogP contribution in [0, 0.1) is 5.41 Å². The lowest BCUT2D eigenvalue weighted by molar-refractivity contribution is -0.155. The molecule has 2 saturated heterocycles. The number of ether oxygens (including phenoxy) is 2. The third-order valence-electron chi connectivity index (χ3n) is 10.5. The number of aryl methyl sites for hydroxylation is 1. The zero-order valence-electron chi connectivity index (χ0n) is 32.2. The summed E-state index contributed by atoms with van der Waals surface area (Å²) in [6, 6.07) is 8.75. The van der Waals surface area contributed by atoms with Crippen molar-refractivity contribution in [1.29, 1.82) is 0 Å². The summed E-state index contributed by atoms with van der Waals surface area (Å²) in [4.78, 5) is 52.6. The second-order valence-electron chi connectivity index (χ2n) is 14.9. The van der Waals surface area contributed by atoms with E-state index in [9.17, 15) is 14.4 Å². The number of thiazole rings is 1. The summed E-state index contributed by atoms with van der Waals surface area (Å²) in [7, 11) is 1.70. The van der Waals surface area contributed by atoms with Gasteiger partial charge in [-0.15, -0.1) is 11.3 Å². The third kappa shape index (κ3) is 9.31. The van der Waals surface area contributed by atoms with E-state index in [-0.39, 0.29) is 71.6 Å². The van der Waals surface area contributed by atoms with Gasteiger partial charge < -0.3 is 24.3 Å². The number of nitrogens with one attached hydrogen (secondary N) is 2. The van der Waals surface area contributed by atoms with Gasteiger partial charge in [-0.05, 0) is 75.8 Å². The highest BCUT2D eigenvalue weighted by molar-refractivity contribution is 7.59. The average molecular weight is 830 g/mol. The molecule has 16 heteroatoms. The van der Waals surface area contributed by atoms with Crippen LogP contribution in [-0.4, -0.2) is 87.8 Å². The SMILES string of the molecule is CCn1c(-c2cccnc2[C@H](C)OC)c2c3cc(ccc31)-c1csc(n1)C[C@H](NC(=O)N1CCCC1)C(=O)N1CCC[C@H](N1)C(=O)OCC(C)(C)C2.S.S.S. The molecule has 1 aromatic carbocycles. The number of pyridine rings is 1. The third-order valence-corrected chi connectivity index (χ3v) is 11.4. The summed E-state index contributed by atoms with van der Waals surface area (Å²) >= 11 is 1.48. The molecule has 2 fully saturated rings. The molecule has 3 amide bonds. The molecule has 12 nitrogen and oxygen atoms in total. The van der Waals surface area contributed by atoms with Crippen molar-refractivity contribution in [3.8, 4) is 22.5 Å². The van der Waals surface area contributed by atoms with Crippen LogP contribution < -0.4 is 10.7 Å². The molecule has 0 radical (unpaired) electrons. The Labute approximate surface area is 348 Å². The first-order chi connectivity index (χ1) is 25.1. The summed E-state index contributed by atoms with van der Waals surface area (Å²) in [5.41, 5.74) is 9.66. The molecule has 300 valence electrons. The minimum absolute atomic E-state index is 0. The van der Waals surface area contributed by atoms with E-state index in [1.807, 2.05) is 18.4 Å². The number of hydrogen-bond donors (Lipinski definition) is 2. The predicted molar refractivity (Wildman–Crippen MR) is 232 cm³/mol. The van der Waals surface area contributed by atoms with Gasteiger partial charge in [-0.2, -0.15) is 40.5 Å². The first-order valence-corrected chi connectivity index (χ1v) is 19.3. The number of hydrogen-bond acceptors (Lipinski definition) is 9. The number of rotatable bonds is 5. The molecule has 2 N–H and O–H groups in total. The van der Waals surface area contributed by atoms with Crippen LogP contribution in [0.25, 0.3) is 33.4 Å². The lowest BCUT2D eigenvalue weighted by Gasteiger charge is -2.35. The molecule has 0 unspecified atom stereocenters. The van der Waals surface area contributed by atoms with Crippen LogP contribution in [0.15, 0.2) is 41.9 Å². The molecule has 0 spiro atoms. The molecule has 0 aliphatic carbocycles. The minimum Gasteiger partial charge on any atom is -0.464 e. The molecule has 3 aromatic heterocycles. The Bertz CT molecular complexity index is 1980. The van der Waals surface area contributed by atoms with Gasteiger partial charge in [0.2, 0.25) is 0 Å². The number of esters is 1. The molecule has 4 aromatic rings. The van der Waals surface area contributed by atoms with Crippen molar-refractivity contribution in [3.05, 3.63) is 58.2 Å². The van der Waals surface area contributed by atoms with Crippen molar-refractivity contribution in [1.82, 2.24) is 35.2 Å². The van der Waals surface area contributed by atoms with Gasteiger partial charge in [0.05, 0.1) is 34.8 Å². The number of aromatic nitrogens is 3. The molecule has 3 aliphatic rings. The van der Waals surface area contributed by atoms with Crippen LogP contribution in [-0.2, 0) is 38.4 Å². The number of carbonyl (C=O) groups excluding carboxylic acids is 3. The first kappa shape index (κ1) is 44.4. The summed E-state index contributed by atoms with van der Waals surface area (Å²) in [5, 5.41) is 8.36. The van der Waals surface area contributed by atoms with Crippen molar-refractivity contribution < 1.29 is 23.9 Å². The molecular weight excluding hydrogens is 775 g/mol. The van der Waals surface area contributed by atoms with E-state index in [1.54, 1.807) is 18.2 Å². The largest absolute Gasteiger partial charge is 0.464 e. The van der Waals surface area contributed by atoms with E-state index in [2.05, 4.69) is 60.3 Å². The molecule has 6 heterocycles. The van der Waals surface area contributed by atoms with Gasteiger partial charge in [0.25, 0.3) is 5.91 Å². The zero-order valence-corrected chi connectivity index (χ0v) is 36.1. The lowest BCUT2D eigenvalue weighted by atomic mass is 9.84. The number of likely N-dealkylation sites (tertiary alicyclic amines) is 1. The van der Waals surface area contributed by atoms with Crippen LogP contribution in [0.3, 0.4) is 0 Å². The number of fused-ring (bicyclic) bond motifs is 6. The van der Waals surface area contributed by atoms with Gasteiger partial charge in [-0.3, -0.25) is 19.6 Å². The van der Waals surface area contributed by atoms with E-state index < -0.39 is 23.5 Å². The Balaban J connectivity index is 0.00000224. The van der Waals surface area contributed by atoms with Crippen molar-refractivity contribution in [2.75, 3.05) is 33.4 Å². The maximum absolute atomic E-state index is 14.1. The Morgan fingerprint density at radius 3 is 2.62 bits per heavy atom. The second kappa shape index (κ2) is 18.8. The van der Waals surface area contributed by atoms with Gasteiger partial charge in [-0.1, -0.05) is 19.9 Å². The van der Waals surface area contributed by atoms with E-state index in [0.29, 0.717) is 38.9 Å². The fourth-order valence-electron chi connectivity index (χ4n) is 7.72. The summed E-state index contributed by atoms with van der Waals surface area (Å²) < 4.78 is 14.2. The Hall–Kier alpha value is -3.28. The minimum atomic E-state index is -0.856. The maximum Gasteiger partial charge on any atom is 0.324 e. The number of methoxy groups -OCH3 is 1. The maximum atomic E-state index is 14.1. The van der Waals surface area contributed by atoms with Crippen LogP contribution in [0.2, 0.25) is 0 Å². The van der Waals surface area contributed by atoms with Gasteiger partial charge in [-0.25, -0.2) is 15.2 Å². The highest BCUT2D eigenvalue weighted by Gasteiger charge is 2.36. The number of amides is 3. The summed E-state index contributed by atoms with van der Waals surface area (Å²) in [5.74, 6) is -0.684. The molecule has 55 heavy (non-hydrogen) atoms. The van der Waals surface area contributed by atoms with Crippen molar-refractivity contribution in [2.45, 2.75) is 91.0 Å². The smallest absolute Gasteiger partial charge is 0.324 e. The van der Waals surface area contributed by atoms with Crippen molar-refractivity contribution in [3.63, 3.8) is 0 Å². The first-order valence-electron chi connectivity index (χ1n) is 18.4. The van der Waals surface area contributed by atoms with Gasteiger partial charge in [0, 0.05) is 78.7 Å². The quantitative estimate of drug-likeness (QED) is 0.227. The lowest BCUT2D eigenvalue weighted by Crippen LogP contribution is -2.61. The number of carbonyl (C=O) groups is 3. The van der Waals surface area contributed by atoms with Gasteiger partial charge in [0.15, 0.2) is 0 Å². The fraction of sp³-hybridized carbons (Fsp3) is 0.513. The molecule has 7 rings (SSSR count). The topological polar surface area (TPSA) is 131 Å². The van der Waals surface area contributed by atoms with Gasteiger partial charge in [0.1, 0.15) is 12.1 Å². The molecule has 3 aliphatic heterocycles. The van der Waals surface area contributed by atoms with E-state index >= 15 is 0 Å². The number of benzene rings is 1.